The van der Waals surface area contributed by atoms with E-state index in [1.54, 1.807) is 0 Å². The summed E-state index contributed by atoms with van der Waals surface area (Å²) in [5.74, 6) is -1.49. The van der Waals surface area contributed by atoms with Gasteiger partial charge in [0.05, 0.1) is 9.80 Å². The molecule has 1 saturated heterocycles. The molecule has 0 unspecified atom stereocenters. The molecule has 2 aromatic rings. The quantitative estimate of drug-likeness (QED) is 0.553. The van der Waals surface area contributed by atoms with Crippen molar-refractivity contribution in [3.8, 4) is 11.5 Å². The number of amides is 1. The minimum atomic E-state index is -4.18. The van der Waals surface area contributed by atoms with Crippen molar-refractivity contribution < 1.29 is 27.8 Å². The molecule has 10 heteroatoms. The molecule has 3 rings (SSSR count). The lowest BCUT2D eigenvalue weighted by molar-refractivity contribution is -0.121. The number of carbonyl (C=O) groups excluding carboxylic acids is 1. The highest BCUT2D eigenvalue weighted by Gasteiger charge is 2.34. The maximum Gasteiger partial charge on any atom is 0.284 e. The second kappa shape index (κ2) is 8.10. The molecule has 0 spiro atoms. The van der Waals surface area contributed by atoms with E-state index in [4.69, 9.17) is 0 Å². The van der Waals surface area contributed by atoms with Gasteiger partial charge < -0.3 is 10.2 Å². The maximum atomic E-state index is 13.1. The van der Waals surface area contributed by atoms with E-state index in [-0.39, 0.29) is 38.6 Å². The van der Waals surface area contributed by atoms with Gasteiger partial charge in [0.15, 0.2) is 5.17 Å². The third kappa shape index (κ3) is 4.49. The Labute approximate surface area is 170 Å². The Morgan fingerprint density at radius 1 is 1.17 bits per heavy atom. The Morgan fingerprint density at radius 2 is 1.86 bits per heavy atom. The van der Waals surface area contributed by atoms with Crippen LogP contribution < -0.4 is 0 Å². The van der Waals surface area contributed by atoms with E-state index in [0.717, 1.165) is 47.0 Å². The largest absolute Gasteiger partial charge is 0.508 e. The highest BCUT2D eigenvalue weighted by atomic mass is 32.2. The molecule has 150 valence electrons. The van der Waals surface area contributed by atoms with Crippen LogP contribution in [0.25, 0.3) is 6.08 Å². The number of carbonyl (C=O) groups is 1. The molecule has 1 aliphatic rings. The van der Waals surface area contributed by atoms with Crippen molar-refractivity contribution >= 4 is 38.9 Å². The summed E-state index contributed by atoms with van der Waals surface area (Å²) in [7, 11) is -4.18. The molecule has 0 radical (unpaired) electrons. The third-order valence-corrected chi connectivity index (χ3v) is 6.21. The fraction of sp³-hybridized carbons (Fsp3) is 0.0526. The molecule has 0 saturated carbocycles. The summed E-state index contributed by atoms with van der Waals surface area (Å²) in [6.45, 7) is 3.57. The second-order valence-corrected chi connectivity index (χ2v) is 8.47. The zero-order chi connectivity index (χ0) is 21.2. The van der Waals surface area contributed by atoms with E-state index >= 15 is 0 Å². The monoisotopic (exact) mass is 434 g/mol. The average Bonchev–Trinajstić information content (AvgIpc) is 2.93. The summed E-state index contributed by atoms with van der Waals surface area (Å²) in [6, 6.07) is 8.03. The van der Waals surface area contributed by atoms with E-state index in [9.17, 15) is 27.8 Å². The number of thioether (sulfide) groups is 1. The van der Waals surface area contributed by atoms with Crippen LogP contribution in [0.1, 0.15) is 5.56 Å². The van der Waals surface area contributed by atoms with E-state index in [2.05, 4.69) is 11.0 Å². The predicted octanol–water partition coefficient (Wildman–Crippen LogP) is 3.08. The minimum Gasteiger partial charge on any atom is -0.508 e. The van der Waals surface area contributed by atoms with Gasteiger partial charge in [-0.3, -0.25) is 9.69 Å². The highest BCUT2D eigenvalue weighted by Crippen LogP contribution is 2.35. The van der Waals surface area contributed by atoms with E-state index in [1.165, 1.54) is 24.3 Å². The van der Waals surface area contributed by atoms with Gasteiger partial charge in [0, 0.05) is 18.2 Å². The number of aromatic hydroxyl groups is 2. The molecule has 29 heavy (non-hydrogen) atoms. The van der Waals surface area contributed by atoms with Crippen LogP contribution in [0.4, 0.5) is 4.39 Å². The Kier molecular flexibility index (Phi) is 5.76. The molecule has 0 bridgehead atoms. The number of benzene rings is 2. The molecule has 2 aromatic carbocycles. The molecule has 1 amide bonds. The van der Waals surface area contributed by atoms with Gasteiger partial charge in [-0.15, -0.1) is 11.0 Å². The summed E-state index contributed by atoms with van der Waals surface area (Å²) < 4.78 is 41.9. The third-order valence-electron chi connectivity index (χ3n) is 3.81. The number of hydrogen-bond donors (Lipinski definition) is 2. The number of sulfonamides is 1. The summed E-state index contributed by atoms with van der Waals surface area (Å²) in [5, 5.41) is 19.2. The van der Waals surface area contributed by atoms with Gasteiger partial charge in [0.1, 0.15) is 17.3 Å². The Balaban J connectivity index is 2.01. The van der Waals surface area contributed by atoms with Crippen LogP contribution in [-0.4, -0.2) is 41.2 Å². The van der Waals surface area contributed by atoms with E-state index in [0.29, 0.717) is 0 Å². The normalized spacial score (nSPS) is 17.3. The summed E-state index contributed by atoms with van der Waals surface area (Å²) >= 11 is 0.812. The van der Waals surface area contributed by atoms with Crippen LogP contribution in [-0.2, 0) is 14.8 Å². The van der Waals surface area contributed by atoms with Crippen molar-refractivity contribution in [2.24, 2.45) is 4.40 Å². The fourth-order valence-electron chi connectivity index (χ4n) is 2.42. The summed E-state index contributed by atoms with van der Waals surface area (Å²) in [6.07, 6.45) is 2.78. The average molecular weight is 434 g/mol. The van der Waals surface area contributed by atoms with Crippen molar-refractivity contribution in [2.45, 2.75) is 4.90 Å². The first-order valence-corrected chi connectivity index (χ1v) is 10.4. The first-order valence-electron chi connectivity index (χ1n) is 8.16. The van der Waals surface area contributed by atoms with Crippen molar-refractivity contribution in [1.29, 1.82) is 0 Å². The van der Waals surface area contributed by atoms with Crippen molar-refractivity contribution in [2.75, 3.05) is 6.54 Å². The topological polar surface area (TPSA) is 107 Å². The van der Waals surface area contributed by atoms with E-state index < -0.39 is 21.7 Å². The van der Waals surface area contributed by atoms with Crippen LogP contribution in [0, 0.1) is 5.82 Å². The number of nitrogens with zero attached hydrogens (tertiary/aromatic N) is 2. The van der Waals surface area contributed by atoms with E-state index in [1.807, 2.05) is 0 Å². The summed E-state index contributed by atoms with van der Waals surface area (Å²) in [4.78, 5) is 13.7. The van der Waals surface area contributed by atoms with Gasteiger partial charge in [0.25, 0.3) is 15.9 Å². The first-order chi connectivity index (χ1) is 13.7. The number of rotatable bonds is 5. The van der Waals surface area contributed by atoms with Gasteiger partial charge in [-0.2, -0.15) is 8.42 Å². The van der Waals surface area contributed by atoms with Gasteiger partial charge in [-0.1, -0.05) is 6.08 Å². The lowest BCUT2D eigenvalue weighted by Crippen LogP contribution is -2.29. The van der Waals surface area contributed by atoms with Gasteiger partial charge >= 0.3 is 0 Å². The molecule has 0 atom stereocenters. The Bertz CT molecular complexity index is 1140. The van der Waals surface area contributed by atoms with Gasteiger partial charge in [0.2, 0.25) is 0 Å². The molecule has 0 aromatic heterocycles. The molecule has 0 aliphatic carbocycles. The van der Waals surface area contributed by atoms with Crippen LogP contribution in [0.2, 0.25) is 0 Å². The lowest BCUT2D eigenvalue weighted by atomic mass is 10.1. The zero-order valence-electron chi connectivity index (χ0n) is 14.8. The number of phenolic OH excluding ortho intramolecular Hbond substituents is 2. The second-order valence-electron chi connectivity index (χ2n) is 5.86. The van der Waals surface area contributed by atoms with Gasteiger partial charge in [-0.25, -0.2) is 4.39 Å². The predicted molar refractivity (Wildman–Crippen MR) is 108 cm³/mol. The van der Waals surface area contributed by atoms with Crippen molar-refractivity contribution in [3.63, 3.8) is 0 Å². The number of halogens is 1. The summed E-state index contributed by atoms with van der Waals surface area (Å²) in [5.41, 5.74) is 0.264. The number of amidine groups is 1. The smallest absolute Gasteiger partial charge is 0.284 e. The molecular formula is C19H15FN2O5S2. The molecule has 1 heterocycles. The number of hydrogen-bond acceptors (Lipinski definition) is 6. The van der Waals surface area contributed by atoms with Crippen LogP contribution in [0.15, 0.2) is 69.3 Å². The van der Waals surface area contributed by atoms with Crippen LogP contribution in [0.3, 0.4) is 0 Å². The molecule has 1 aliphatic heterocycles. The fourth-order valence-corrected chi connectivity index (χ4v) is 4.60. The lowest BCUT2D eigenvalue weighted by Gasteiger charge is -2.12. The minimum absolute atomic E-state index is 0.0164. The first kappa shape index (κ1) is 20.6. The van der Waals surface area contributed by atoms with Crippen molar-refractivity contribution in [3.05, 3.63) is 71.4 Å². The molecular weight excluding hydrogens is 419 g/mol. The standard InChI is InChI=1S/C19H15FN2O5S2/c1-2-9-22-18(25)17(10-12-3-6-14(23)11-16(12)24)28-19(22)21-29(26,27)15-7-4-13(20)5-8-15/h2-8,10-11,23-24H,1,9H2. The zero-order valence-corrected chi connectivity index (χ0v) is 16.5. The van der Waals surface area contributed by atoms with Gasteiger partial charge in [-0.05, 0) is 54.2 Å². The number of phenols is 2. The highest BCUT2D eigenvalue weighted by molar-refractivity contribution is 8.19. The molecule has 7 nitrogen and oxygen atoms in total. The molecule has 2 N–H and O–H groups in total. The molecule has 1 fully saturated rings. The van der Waals surface area contributed by atoms with Crippen molar-refractivity contribution in [1.82, 2.24) is 4.90 Å². The maximum absolute atomic E-state index is 13.1. The van der Waals surface area contributed by atoms with Crippen LogP contribution in [0.5, 0.6) is 11.5 Å². The SMILES string of the molecule is C=CCN1C(=O)C(=Cc2ccc(O)cc2O)SC1=NS(=O)(=O)c1ccc(F)cc1. The Morgan fingerprint density at radius 3 is 2.48 bits per heavy atom. The van der Waals surface area contributed by atoms with Crippen LogP contribution >= 0.6 is 11.8 Å². The Hall–Kier alpha value is -3.11.